The molecule has 60 valence electrons. The highest BCUT2D eigenvalue weighted by atomic mass is 32.1. The van der Waals surface area contributed by atoms with Crippen molar-refractivity contribution in [3.8, 4) is 0 Å². The lowest BCUT2D eigenvalue weighted by molar-refractivity contribution is 0.330. The van der Waals surface area contributed by atoms with Gasteiger partial charge in [0.1, 0.15) is 0 Å². The summed E-state index contributed by atoms with van der Waals surface area (Å²) in [5.74, 6) is 5.61. The summed E-state index contributed by atoms with van der Waals surface area (Å²) < 4.78 is 0. The van der Waals surface area contributed by atoms with E-state index in [9.17, 15) is 0 Å². The summed E-state index contributed by atoms with van der Waals surface area (Å²) in [6, 6.07) is 0.306. The highest BCUT2D eigenvalue weighted by Gasteiger charge is 2.08. The molecule has 4 heteroatoms. The zero-order chi connectivity index (χ0) is 8.15. The highest BCUT2D eigenvalue weighted by Crippen LogP contribution is 1.96. The third kappa shape index (κ3) is 2.49. The average molecular weight is 161 g/mol. The van der Waals surface area contributed by atoms with Crippen molar-refractivity contribution < 1.29 is 0 Å². The lowest BCUT2D eigenvalue weighted by Gasteiger charge is -2.24. The van der Waals surface area contributed by atoms with Crippen molar-refractivity contribution in [2.75, 3.05) is 7.05 Å². The molecule has 0 saturated heterocycles. The first kappa shape index (κ1) is 9.65. The smallest absolute Gasteiger partial charge is 0.183 e. The number of nitrogens with two attached hydrogens (primary N) is 1. The Morgan fingerprint density at radius 3 is 2.60 bits per heavy atom. The number of thiocarbonyl (C=S) groups is 1. The number of hydrogen-bond acceptors (Lipinski definition) is 2. The van der Waals surface area contributed by atoms with Crippen molar-refractivity contribution in [3.63, 3.8) is 0 Å². The van der Waals surface area contributed by atoms with E-state index in [1.807, 2.05) is 6.92 Å². The summed E-state index contributed by atoms with van der Waals surface area (Å²) in [5.41, 5.74) is 0. The summed E-state index contributed by atoms with van der Waals surface area (Å²) in [5, 5.41) is 4.97. The van der Waals surface area contributed by atoms with E-state index in [-0.39, 0.29) is 0 Å². The van der Waals surface area contributed by atoms with Gasteiger partial charge in [-0.1, -0.05) is 6.92 Å². The summed E-state index contributed by atoms with van der Waals surface area (Å²) in [7, 11) is 1.77. The first-order valence-electron chi connectivity index (χ1n) is 3.39. The third-order valence-electron chi connectivity index (χ3n) is 1.51. The highest BCUT2D eigenvalue weighted by molar-refractivity contribution is 7.80. The van der Waals surface area contributed by atoms with Crippen LogP contribution in [0.4, 0.5) is 0 Å². The Hall–Kier alpha value is -0.350. The molecule has 0 aromatic rings. The monoisotopic (exact) mass is 161 g/mol. The van der Waals surface area contributed by atoms with E-state index in [2.05, 4.69) is 12.2 Å². The molecule has 0 aliphatic heterocycles. The van der Waals surface area contributed by atoms with Crippen LogP contribution in [0, 0.1) is 0 Å². The maximum Gasteiger partial charge on any atom is 0.183 e. The molecule has 0 aromatic carbocycles. The van der Waals surface area contributed by atoms with Gasteiger partial charge in [-0.25, -0.2) is 5.84 Å². The van der Waals surface area contributed by atoms with Crippen molar-refractivity contribution in [3.05, 3.63) is 0 Å². The van der Waals surface area contributed by atoms with Gasteiger partial charge in [-0.15, -0.1) is 0 Å². The third-order valence-corrected chi connectivity index (χ3v) is 1.93. The Balaban J connectivity index is 3.81. The minimum absolute atomic E-state index is 0.306. The van der Waals surface area contributed by atoms with Gasteiger partial charge in [-0.3, -0.25) is 5.01 Å². The number of nitrogens with zero attached hydrogens (tertiary/aromatic N) is 1. The molecule has 0 aliphatic carbocycles. The largest absolute Gasteiger partial charge is 0.365 e. The minimum Gasteiger partial charge on any atom is -0.365 e. The number of rotatable bonds is 2. The van der Waals surface area contributed by atoms with Crippen molar-refractivity contribution in [1.82, 2.24) is 10.3 Å². The van der Waals surface area contributed by atoms with Crippen LogP contribution in [0.15, 0.2) is 0 Å². The molecule has 0 amide bonds. The molecule has 0 radical (unpaired) electrons. The maximum absolute atomic E-state index is 5.61. The van der Waals surface area contributed by atoms with Crippen LogP contribution in [-0.2, 0) is 0 Å². The van der Waals surface area contributed by atoms with Crippen LogP contribution in [0.1, 0.15) is 20.3 Å². The molecule has 1 atom stereocenters. The summed E-state index contributed by atoms with van der Waals surface area (Å²) in [4.78, 5) is 0. The van der Waals surface area contributed by atoms with Crippen molar-refractivity contribution in [1.29, 1.82) is 0 Å². The molecule has 0 heterocycles. The Labute approximate surface area is 67.5 Å². The second-order valence-corrected chi connectivity index (χ2v) is 2.61. The zero-order valence-corrected chi connectivity index (χ0v) is 7.53. The normalized spacial score (nSPS) is 12.4. The van der Waals surface area contributed by atoms with E-state index in [1.54, 1.807) is 12.1 Å². The van der Waals surface area contributed by atoms with E-state index in [0.717, 1.165) is 6.42 Å². The Kier molecular flexibility index (Phi) is 4.31. The standard InChI is InChI=1S/C6H15N3S/c1-4-5(2)9(7)6(10)8-3/h5H,4,7H2,1-3H3,(H,8,10). The maximum atomic E-state index is 5.61. The fraction of sp³-hybridized carbons (Fsp3) is 0.833. The van der Waals surface area contributed by atoms with Crippen LogP contribution >= 0.6 is 12.2 Å². The molecular weight excluding hydrogens is 146 g/mol. The molecule has 0 spiro atoms. The predicted octanol–water partition coefficient (Wildman–Crippen LogP) is 0.465. The first-order valence-corrected chi connectivity index (χ1v) is 3.80. The molecule has 0 rings (SSSR count). The topological polar surface area (TPSA) is 41.3 Å². The van der Waals surface area contributed by atoms with Gasteiger partial charge in [0.05, 0.1) is 0 Å². The molecule has 0 aromatic heterocycles. The lowest BCUT2D eigenvalue weighted by Crippen LogP contribution is -2.48. The van der Waals surface area contributed by atoms with Gasteiger partial charge in [0.15, 0.2) is 5.11 Å². The molecule has 1 unspecified atom stereocenters. The molecule has 0 aliphatic rings. The summed E-state index contributed by atoms with van der Waals surface area (Å²) >= 11 is 4.91. The van der Waals surface area contributed by atoms with Crippen LogP contribution in [0.3, 0.4) is 0 Å². The molecule has 3 N–H and O–H groups in total. The van der Waals surface area contributed by atoms with Crippen LogP contribution in [0.25, 0.3) is 0 Å². The van der Waals surface area contributed by atoms with Gasteiger partial charge in [0, 0.05) is 13.1 Å². The van der Waals surface area contributed by atoms with Crippen LogP contribution in [0.2, 0.25) is 0 Å². The van der Waals surface area contributed by atoms with E-state index >= 15 is 0 Å². The fourth-order valence-electron chi connectivity index (χ4n) is 0.526. The van der Waals surface area contributed by atoms with E-state index in [1.165, 1.54) is 0 Å². The zero-order valence-electron chi connectivity index (χ0n) is 6.72. The van der Waals surface area contributed by atoms with E-state index in [4.69, 9.17) is 18.1 Å². The fourth-order valence-corrected chi connectivity index (χ4v) is 0.706. The van der Waals surface area contributed by atoms with Gasteiger partial charge in [-0.05, 0) is 25.6 Å². The molecule has 0 saturated carbocycles. The van der Waals surface area contributed by atoms with Crippen LogP contribution in [-0.4, -0.2) is 23.2 Å². The summed E-state index contributed by atoms with van der Waals surface area (Å²) in [6.07, 6.45) is 0.998. The quantitative estimate of drug-likeness (QED) is 0.351. The Bertz CT molecular complexity index is 116. The Morgan fingerprint density at radius 2 is 2.30 bits per heavy atom. The number of nitrogens with one attached hydrogen (secondary N) is 1. The van der Waals surface area contributed by atoms with Gasteiger partial charge >= 0.3 is 0 Å². The molecule has 3 nitrogen and oxygen atoms in total. The van der Waals surface area contributed by atoms with Gasteiger partial charge < -0.3 is 5.32 Å². The van der Waals surface area contributed by atoms with Crippen molar-refractivity contribution in [2.24, 2.45) is 5.84 Å². The number of hydrazine groups is 1. The summed E-state index contributed by atoms with van der Waals surface area (Å²) in [6.45, 7) is 4.10. The lowest BCUT2D eigenvalue weighted by atomic mass is 10.2. The van der Waals surface area contributed by atoms with E-state index < -0.39 is 0 Å². The van der Waals surface area contributed by atoms with Gasteiger partial charge in [0.25, 0.3) is 0 Å². The molecule has 10 heavy (non-hydrogen) atoms. The van der Waals surface area contributed by atoms with Crippen molar-refractivity contribution >= 4 is 17.3 Å². The predicted molar refractivity (Wildman–Crippen MR) is 47.4 cm³/mol. The van der Waals surface area contributed by atoms with E-state index in [0.29, 0.717) is 11.2 Å². The minimum atomic E-state index is 0.306. The molecule has 0 fully saturated rings. The van der Waals surface area contributed by atoms with Crippen LogP contribution in [0.5, 0.6) is 0 Å². The average Bonchev–Trinajstić information content (AvgIpc) is 2.00. The first-order chi connectivity index (χ1) is 4.63. The Morgan fingerprint density at radius 1 is 1.80 bits per heavy atom. The van der Waals surface area contributed by atoms with Crippen molar-refractivity contribution in [2.45, 2.75) is 26.3 Å². The van der Waals surface area contributed by atoms with Gasteiger partial charge in [-0.2, -0.15) is 0 Å². The molecular formula is C6H15N3S. The second-order valence-electron chi connectivity index (χ2n) is 2.22. The van der Waals surface area contributed by atoms with Crippen LogP contribution < -0.4 is 11.2 Å². The van der Waals surface area contributed by atoms with Gasteiger partial charge in [0.2, 0.25) is 0 Å². The second kappa shape index (κ2) is 4.46. The SMILES string of the molecule is CCC(C)N(N)C(=S)NC. The number of hydrogen-bond donors (Lipinski definition) is 2. The molecule has 0 bridgehead atoms.